The molecule has 1 rings (SSSR count). The molecule has 0 heterocycles. The zero-order chi connectivity index (χ0) is 13.1. The number of rotatable bonds is 12. The highest BCUT2D eigenvalue weighted by atomic mass is 16.5. The maximum absolute atomic E-state index is 11.4. The Labute approximate surface area is 110 Å². The van der Waals surface area contributed by atoms with Crippen LogP contribution in [0.1, 0.15) is 32.1 Å². The summed E-state index contributed by atoms with van der Waals surface area (Å²) >= 11 is 0. The predicted octanol–water partition coefficient (Wildman–Crippen LogP) is 0.688. The van der Waals surface area contributed by atoms with Crippen LogP contribution in [0.4, 0.5) is 0 Å². The maximum Gasteiger partial charge on any atom is 0.220 e. The van der Waals surface area contributed by atoms with Crippen molar-refractivity contribution in [1.29, 1.82) is 0 Å². The molecule has 0 aromatic heterocycles. The largest absolute Gasteiger partial charge is 0.385 e. The monoisotopic (exact) mass is 258 g/mol. The number of methoxy groups -OCH3 is 1. The van der Waals surface area contributed by atoms with Crippen LogP contribution >= 0.6 is 0 Å². The van der Waals surface area contributed by atoms with Crippen molar-refractivity contribution in [2.45, 2.75) is 38.1 Å². The first-order chi connectivity index (χ1) is 8.83. The zero-order valence-electron chi connectivity index (χ0n) is 11.4. The van der Waals surface area contributed by atoms with Gasteiger partial charge in [-0.1, -0.05) is 0 Å². The molecular weight excluding hydrogens is 232 g/mol. The molecule has 1 fully saturated rings. The van der Waals surface area contributed by atoms with Gasteiger partial charge < -0.3 is 20.1 Å². The van der Waals surface area contributed by atoms with Gasteiger partial charge in [0.05, 0.1) is 6.61 Å². The first kappa shape index (κ1) is 15.4. The molecule has 5 nitrogen and oxygen atoms in total. The van der Waals surface area contributed by atoms with Gasteiger partial charge in [-0.15, -0.1) is 0 Å². The fourth-order valence-corrected chi connectivity index (χ4v) is 1.58. The number of ether oxygens (including phenoxy) is 2. The average Bonchev–Trinajstić information content (AvgIpc) is 3.15. The third-order valence-electron chi connectivity index (χ3n) is 2.76. The van der Waals surface area contributed by atoms with Crippen LogP contribution in [0.15, 0.2) is 0 Å². The van der Waals surface area contributed by atoms with E-state index in [1.807, 2.05) is 0 Å². The Morgan fingerprint density at radius 2 is 2.00 bits per heavy atom. The molecule has 0 unspecified atom stereocenters. The topological polar surface area (TPSA) is 59.6 Å². The first-order valence-corrected chi connectivity index (χ1v) is 6.89. The molecule has 1 amide bonds. The summed E-state index contributed by atoms with van der Waals surface area (Å²) in [6, 6.07) is 0.478. The maximum atomic E-state index is 11.4. The smallest absolute Gasteiger partial charge is 0.220 e. The fraction of sp³-hybridized carbons (Fsp3) is 0.923. The van der Waals surface area contributed by atoms with Gasteiger partial charge in [0, 0.05) is 39.3 Å². The van der Waals surface area contributed by atoms with Crippen molar-refractivity contribution in [1.82, 2.24) is 10.6 Å². The zero-order valence-corrected chi connectivity index (χ0v) is 11.4. The van der Waals surface area contributed by atoms with Crippen LogP contribution in [0.5, 0.6) is 0 Å². The van der Waals surface area contributed by atoms with Gasteiger partial charge in [0.1, 0.15) is 0 Å². The predicted molar refractivity (Wildman–Crippen MR) is 70.6 cm³/mol. The van der Waals surface area contributed by atoms with Gasteiger partial charge in [0.2, 0.25) is 5.91 Å². The summed E-state index contributed by atoms with van der Waals surface area (Å²) in [7, 11) is 1.70. The van der Waals surface area contributed by atoms with Crippen LogP contribution in [0.2, 0.25) is 0 Å². The quantitative estimate of drug-likeness (QED) is 0.506. The highest BCUT2D eigenvalue weighted by Gasteiger charge is 2.22. The summed E-state index contributed by atoms with van der Waals surface area (Å²) in [5, 5.41) is 6.25. The number of hydrogen-bond acceptors (Lipinski definition) is 4. The van der Waals surface area contributed by atoms with E-state index in [1.165, 1.54) is 0 Å². The molecule has 0 spiro atoms. The molecule has 2 N–H and O–H groups in total. The summed E-state index contributed by atoms with van der Waals surface area (Å²) < 4.78 is 10.3. The average molecular weight is 258 g/mol. The molecule has 0 aromatic rings. The van der Waals surface area contributed by atoms with Crippen LogP contribution in [0, 0.1) is 0 Å². The van der Waals surface area contributed by atoms with Gasteiger partial charge in [0.15, 0.2) is 0 Å². The standard InChI is InChI=1S/C13H26N2O3/c1-17-9-3-10-18-11-8-14-7-2-4-13(16)15-12-5-6-12/h12,14H,2-11H2,1H3,(H,15,16). The Morgan fingerprint density at radius 1 is 1.17 bits per heavy atom. The van der Waals surface area contributed by atoms with Gasteiger partial charge in [-0.25, -0.2) is 0 Å². The Balaban J connectivity index is 1.71. The Hall–Kier alpha value is -0.650. The minimum atomic E-state index is 0.190. The molecule has 0 atom stereocenters. The summed E-state index contributed by atoms with van der Waals surface area (Å²) in [4.78, 5) is 11.4. The molecule has 0 radical (unpaired) electrons. The van der Waals surface area contributed by atoms with E-state index in [-0.39, 0.29) is 5.91 Å². The van der Waals surface area contributed by atoms with Crippen LogP contribution in [-0.2, 0) is 14.3 Å². The van der Waals surface area contributed by atoms with Gasteiger partial charge >= 0.3 is 0 Å². The van der Waals surface area contributed by atoms with Crippen molar-refractivity contribution in [3.8, 4) is 0 Å². The molecule has 1 aliphatic carbocycles. The number of carbonyl (C=O) groups is 1. The van der Waals surface area contributed by atoms with E-state index >= 15 is 0 Å². The normalized spacial score (nSPS) is 14.7. The van der Waals surface area contributed by atoms with E-state index in [0.29, 0.717) is 12.5 Å². The van der Waals surface area contributed by atoms with Crippen molar-refractivity contribution < 1.29 is 14.3 Å². The number of hydrogen-bond donors (Lipinski definition) is 2. The van der Waals surface area contributed by atoms with E-state index < -0.39 is 0 Å². The third kappa shape index (κ3) is 9.39. The Bertz CT molecular complexity index is 220. The molecule has 0 saturated heterocycles. The van der Waals surface area contributed by atoms with Crippen molar-refractivity contribution in [2.24, 2.45) is 0 Å². The molecule has 106 valence electrons. The number of nitrogens with one attached hydrogen (secondary N) is 2. The van der Waals surface area contributed by atoms with Crippen molar-refractivity contribution in [3.05, 3.63) is 0 Å². The molecule has 18 heavy (non-hydrogen) atoms. The lowest BCUT2D eigenvalue weighted by molar-refractivity contribution is -0.121. The van der Waals surface area contributed by atoms with Crippen molar-refractivity contribution in [2.75, 3.05) is 40.0 Å². The van der Waals surface area contributed by atoms with E-state index in [9.17, 15) is 4.79 Å². The number of carbonyl (C=O) groups excluding carboxylic acids is 1. The van der Waals surface area contributed by atoms with Crippen LogP contribution in [-0.4, -0.2) is 52.0 Å². The van der Waals surface area contributed by atoms with E-state index in [2.05, 4.69) is 10.6 Å². The molecule has 1 aliphatic rings. The van der Waals surface area contributed by atoms with Crippen molar-refractivity contribution >= 4 is 5.91 Å². The lowest BCUT2D eigenvalue weighted by Crippen LogP contribution is -2.27. The molecule has 0 aliphatic heterocycles. The second kappa shape index (κ2) is 10.3. The molecule has 1 saturated carbocycles. The van der Waals surface area contributed by atoms with E-state index in [0.717, 1.165) is 58.6 Å². The molecule has 0 bridgehead atoms. The van der Waals surface area contributed by atoms with Gasteiger partial charge in [-0.05, 0) is 32.2 Å². The summed E-state index contributed by atoms with van der Waals surface area (Å²) in [5.41, 5.74) is 0. The van der Waals surface area contributed by atoms with Crippen LogP contribution in [0.25, 0.3) is 0 Å². The highest BCUT2D eigenvalue weighted by Crippen LogP contribution is 2.18. The fourth-order valence-electron chi connectivity index (χ4n) is 1.58. The first-order valence-electron chi connectivity index (χ1n) is 6.89. The summed E-state index contributed by atoms with van der Waals surface area (Å²) in [5.74, 6) is 0.190. The van der Waals surface area contributed by atoms with Gasteiger partial charge in [-0.3, -0.25) is 4.79 Å². The molecule has 0 aromatic carbocycles. The second-order valence-corrected chi connectivity index (χ2v) is 4.65. The van der Waals surface area contributed by atoms with Crippen molar-refractivity contribution in [3.63, 3.8) is 0 Å². The van der Waals surface area contributed by atoms with Crippen LogP contribution < -0.4 is 10.6 Å². The van der Waals surface area contributed by atoms with Gasteiger partial charge in [-0.2, -0.15) is 0 Å². The minimum Gasteiger partial charge on any atom is -0.385 e. The van der Waals surface area contributed by atoms with E-state index in [1.54, 1.807) is 7.11 Å². The molecule has 5 heteroatoms. The van der Waals surface area contributed by atoms with E-state index in [4.69, 9.17) is 9.47 Å². The summed E-state index contributed by atoms with van der Waals surface area (Å²) in [6.07, 6.45) is 4.77. The lowest BCUT2D eigenvalue weighted by Gasteiger charge is -2.06. The van der Waals surface area contributed by atoms with Gasteiger partial charge in [0.25, 0.3) is 0 Å². The van der Waals surface area contributed by atoms with Crippen LogP contribution in [0.3, 0.4) is 0 Å². The Morgan fingerprint density at radius 3 is 2.72 bits per heavy atom. The SMILES string of the molecule is COCCCOCCNCCCC(=O)NC1CC1. The number of amides is 1. The third-order valence-corrected chi connectivity index (χ3v) is 2.76. The molecular formula is C13H26N2O3. The minimum absolute atomic E-state index is 0.190. The summed E-state index contributed by atoms with van der Waals surface area (Å²) in [6.45, 7) is 3.94. The second-order valence-electron chi connectivity index (χ2n) is 4.65. The highest BCUT2D eigenvalue weighted by molar-refractivity contribution is 5.76. The Kier molecular flexibility index (Phi) is 8.81. The lowest BCUT2D eigenvalue weighted by atomic mass is 10.3.